The Hall–Kier alpha value is -1.02. The fourth-order valence-electron chi connectivity index (χ4n) is 2.70. The summed E-state index contributed by atoms with van der Waals surface area (Å²) >= 11 is 0. The van der Waals surface area contributed by atoms with Crippen molar-refractivity contribution < 1.29 is 4.74 Å². The van der Waals surface area contributed by atoms with Gasteiger partial charge in [-0.05, 0) is 48.4 Å². The molecule has 0 amide bonds. The second-order valence-electron chi connectivity index (χ2n) is 7.06. The first kappa shape index (κ1) is 15.4. The summed E-state index contributed by atoms with van der Waals surface area (Å²) in [5, 5.41) is 3.52. The van der Waals surface area contributed by atoms with Gasteiger partial charge in [-0.3, -0.25) is 0 Å². The van der Waals surface area contributed by atoms with Crippen molar-refractivity contribution in [2.24, 2.45) is 5.41 Å². The molecular formula is C18H29NO. The number of hydrogen-bond donors (Lipinski definition) is 1. The van der Waals surface area contributed by atoms with Crippen molar-refractivity contribution >= 4 is 0 Å². The maximum Gasteiger partial charge on any atom is 0.122 e. The third kappa shape index (κ3) is 4.52. The molecular weight excluding hydrogens is 246 g/mol. The van der Waals surface area contributed by atoms with Crippen molar-refractivity contribution in [3.8, 4) is 5.75 Å². The molecule has 1 aromatic rings. The van der Waals surface area contributed by atoms with Crippen molar-refractivity contribution in [3.05, 3.63) is 29.3 Å². The Bertz CT molecular complexity index is 437. The molecule has 2 heteroatoms. The van der Waals surface area contributed by atoms with E-state index in [1.165, 1.54) is 30.4 Å². The minimum Gasteiger partial charge on any atom is -0.493 e. The van der Waals surface area contributed by atoms with Crippen LogP contribution in [0.2, 0.25) is 0 Å². The van der Waals surface area contributed by atoms with Crippen molar-refractivity contribution in [1.29, 1.82) is 0 Å². The average Bonchev–Trinajstić information content (AvgIpc) is 2.83. The second-order valence-corrected chi connectivity index (χ2v) is 7.06. The topological polar surface area (TPSA) is 21.3 Å². The van der Waals surface area contributed by atoms with Gasteiger partial charge in [0.1, 0.15) is 5.75 Å². The number of benzene rings is 1. The molecule has 0 aromatic heterocycles. The molecule has 0 saturated carbocycles. The van der Waals surface area contributed by atoms with Crippen LogP contribution in [0.3, 0.4) is 0 Å². The zero-order valence-corrected chi connectivity index (χ0v) is 13.5. The normalized spacial score (nSPS) is 14.4. The van der Waals surface area contributed by atoms with Crippen LogP contribution >= 0.6 is 0 Å². The molecule has 0 bridgehead atoms. The van der Waals surface area contributed by atoms with Gasteiger partial charge in [-0.1, -0.05) is 39.8 Å². The van der Waals surface area contributed by atoms with Crippen molar-refractivity contribution in [2.45, 2.75) is 59.4 Å². The van der Waals surface area contributed by atoms with Gasteiger partial charge >= 0.3 is 0 Å². The molecule has 0 radical (unpaired) electrons. The molecule has 2 nitrogen and oxygen atoms in total. The highest BCUT2D eigenvalue weighted by molar-refractivity contribution is 5.39. The van der Waals surface area contributed by atoms with Crippen LogP contribution < -0.4 is 10.1 Å². The van der Waals surface area contributed by atoms with E-state index in [9.17, 15) is 0 Å². The predicted molar refractivity (Wildman–Crippen MR) is 85.5 cm³/mol. The lowest BCUT2D eigenvalue weighted by atomic mass is 9.83. The number of aryl methyl sites for hydroxylation is 1. The van der Waals surface area contributed by atoms with Crippen LogP contribution in [0.25, 0.3) is 0 Å². The highest BCUT2D eigenvalue weighted by atomic mass is 16.5. The number of hydrogen-bond acceptors (Lipinski definition) is 2. The highest BCUT2D eigenvalue weighted by Gasteiger charge is 2.18. The fraction of sp³-hybridized carbons (Fsp3) is 0.667. The van der Waals surface area contributed by atoms with Gasteiger partial charge in [0.2, 0.25) is 0 Å². The van der Waals surface area contributed by atoms with E-state index in [1.54, 1.807) is 0 Å². The first-order valence-corrected chi connectivity index (χ1v) is 7.94. The lowest BCUT2D eigenvalue weighted by Crippen LogP contribution is -2.28. The third-order valence-corrected chi connectivity index (χ3v) is 4.20. The lowest BCUT2D eigenvalue weighted by molar-refractivity contribution is 0.298. The summed E-state index contributed by atoms with van der Waals surface area (Å²) in [7, 11) is 0. The monoisotopic (exact) mass is 275 g/mol. The lowest BCUT2D eigenvalue weighted by Gasteiger charge is -2.25. The Morgan fingerprint density at radius 1 is 1.25 bits per heavy atom. The molecule has 1 aromatic carbocycles. The van der Waals surface area contributed by atoms with Gasteiger partial charge in [-0.2, -0.15) is 0 Å². The zero-order chi connectivity index (χ0) is 14.6. The van der Waals surface area contributed by atoms with Crippen LogP contribution in [0.5, 0.6) is 5.75 Å². The minimum atomic E-state index is 0.400. The van der Waals surface area contributed by atoms with Crippen molar-refractivity contribution in [1.82, 2.24) is 5.32 Å². The van der Waals surface area contributed by atoms with Gasteiger partial charge in [-0.25, -0.2) is 0 Å². The van der Waals surface area contributed by atoms with Crippen molar-refractivity contribution in [2.75, 3.05) is 13.2 Å². The highest BCUT2D eigenvalue weighted by Crippen LogP contribution is 2.30. The van der Waals surface area contributed by atoms with Gasteiger partial charge in [0.15, 0.2) is 0 Å². The van der Waals surface area contributed by atoms with Gasteiger partial charge in [0.05, 0.1) is 6.61 Å². The van der Waals surface area contributed by atoms with E-state index in [1.807, 2.05) is 0 Å². The van der Waals surface area contributed by atoms with Crippen LogP contribution in [0.15, 0.2) is 18.2 Å². The van der Waals surface area contributed by atoms with E-state index < -0.39 is 0 Å². The summed E-state index contributed by atoms with van der Waals surface area (Å²) in [6, 6.07) is 7.30. The van der Waals surface area contributed by atoms with E-state index >= 15 is 0 Å². The quantitative estimate of drug-likeness (QED) is 0.813. The summed E-state index contributed by atoms with van der Waals surface area (Å²) in [6.45, 7) is 11.1. The van der Waals surface area contributed by atoms with E-state index in [2.05, 4.69) is 51.2 Å². The number of rotatable bonds is 7. The predicted octanol–water partition coefficient (Wildman–Crippen LogP) is 3.97. The van der Waals surface area contributed by atoms with Crippen molar-refractivity contribution in [3.63, 3.8) is 0 Å². The maximum absolute atomic E-state index is 5.57. The van der Waals surface area contributed by atoms with Crippen LogP contribution in [-0.2, 0) is 12.8 Å². The number of nitrogens with one attached hydrogen (secondary N) is 1. The zero-order valence-electron chi connectivity index (χ0n) is 13.5. The van der Waals surface area contributed by atoms with E-state index in [-0.39, 0.29) is 0 Å². The number of fused-ring (bicyclic) bond motifs is 1. The largest absolute Gasteiger partial charge is 0.493 e. The molecule has 0 aliphatic carbocycles. The Kier molecular flexibility index (Phi) is 5.09. The average molecular weight is 275 g/mol. The van der Waals surface area contributed by atoms with Gasteiger partial charge in [0, 0.05) is 12.5 Å². The molecule has 0 atom stereocenters. The van der Waals surface area contributed by atoms with Crippen LogP contribution in [0.1, 0.15) is 51.7 Å². The Labute approximate surface area is 123 Å². The molecule has 0 unspecified atom stereocenters. The third-order valence-electron chi connectivity index (χ3n) is 4.20. The summed E-state index contributed by atoms with van der Waals surface area (Å²) in [4.78, 5) is 0. The molecule has 0 fully saturated rings. The smallest absolute Gasteiger partial charge is 0.122 e. The van der Waals surface area contributed by atoms with Gasteiger partial charge in [0.25, 0.3) is 0 Å². The minimum absolute atomic E-state index is 0.400. The van der Waals surface area contributed by atoms with Crippen LogP contribution in [0, 0.1) is 5.41 Å². The summed E-state index contributed by atoms with van der Waals surface area (Å²) in [6.07, 6.45) is 4.72. The second kappa shape index (κ2) is 6.62. The molecule has 0 spiro atoms. The molecule has 0 saturated heterocycles. The molecule has 20 heavy (non-hydrogen) atoms. The standard InChI is InChI=1S/C18H29NO/c1-14(2)19-11-10-18(3,4)9-7-15-5-6-17-16(13-15)8-12-20-17/h5-6,13-14,19H,7-12H2,1-4H3. The SMILES string of the molecule is CC(C)NCCC(C)(C)CCc1ccc2c(c1)CCO2. The molecule has 1 aliphatic heterocycles. The van der Waals surface area contributed by atoms with Gasteiger partial charge < -0.3 is 10.1 Å². The van der Waals surface area contributed by atoms with E-state index in [0.29, 0.717) is 11.5 Å². The fourth-order valence-corrected chi connectivity index (χ4v) is 2.70. The molecule has 1 aliphatic rings. The summed E-state index contributed by atoms with van der Waals surface area (Å²) in [5.41, 5.74) is 3.25. The van der Waals surface area contributed by atoms with Crippen LogP contribution in [0.4, 0.5) is 0 Å². The molecule has 2 rings (SSSR count). The Balaban J connectivity index is 1.81. The van der Waals surface area contributed by atoms with E-state index in [0.717, 1.165) is 25.3 Å². The molecule has 112 valence electrons. The molecule has 1 N–H and O–H groups in total. The molecule has 1 heterocycles. The number of ether oxygens (including phenoxy) is 1. The maximum atomic E-state index is 5.57. The van der Waals surface area contributed by atoms with Gasteiger partial charge in [-0.15, -0.1) is 0 Å². The summed E-state index contributed by atoms with van der Waals surface area (Å²) < 4.78 is 5.57. The van der Waals surface area contributed by atoms with Crippen LogP contribution in [-0.4, -0.2) is 19.2 Å². The summed E-state index contributed by atoms with van der Waals surface area (Å²) in [5.74, 6) is 1.09. The Morgan fingerprint density at radius 2 is 2.05 bits per heavy atom. The first-order chi connectivity index (χ1) is 9.46. The Morgan fingerprint density at radius 3 is 2.80 bits per heavy atom. The van der Waals surface area contributed by atoms with E-state index in [4.69, 9.17) is 4.74 Å². The first-order valence-electron chi connectivity index (χ1n) is 7.94.